The molecular weight excluding hydrogens is 286 g/mol. The summed E-state index contributed by atoms with van der Waals surface area (Å²) in [4.78, 5) is 22.6. The standard InChI is InChI=1S/C14H16O5.C2H7N/c1-10(2)13(16)18-8-12(15)9-19-14(17)11-6-4-3-5-7-11;1-3-2/h3-7,12,15H,1,8-9H2,2H3;3H,1-2H3. The Morgan fingerprint density at radius 3 is 2.18 bits per heavy atom. The maximum Gasteiger partial charge on any atom is 0.338 e. The van der Waals surface area contributed by atoms with Crippen LogP contribution < -0.4 is 5.32 Å². The van der Waals surface area contributed by atoms with Crippen LogP contribution in [0, 0.1) is 0 Å². The Hall–Kier alpha value is -2.18. The fourth-order valence-corrected chi connectivity index (χ4v) is 1.17. The second-order valence-corrected chi connectivity index (χ2v) is 4.50. The van der Waals surface area contributed by atoms with Gasteiger partial charge in [-0.25, -0.2) is 9.59 Å². The Bertz CT molecular complexity index is 473. The van der Waals surface area contributed by atoms with Crippen LogP contribution in [0.4, 0.5) is 0 Å². The number of rotatable bonds is 6. The van der Waals surface area contributed by atoms with E-state index >= 15 is 0 Å². The monoisotopic (exact) mass is 309 g/mol. The van der Waals surface area contributed by atoms with Gasteiger partial charge < -0.3 is 19.9 Å². The van der Waals surface area contributed by atoms with Crippen LogP contribution in [0.3, 0.4) is 0 Å². The molecule has 1 rings (SSSR count). The minimum absolute atomic E-state index is 0.239. The zero-order chi connectivity index (χ0) is 17.0. The van der Waals surface area contributed by atoms with Gasteiger partial charge in [-0.05, 0) is 33.2 Å². The Morgan fingerprint density at radius 2 is 1.68 bits per heavy atom. The molecule has 0 aliphatic carbocycles. The summed E-state index contributed by atoms with van der Waals surface area (Å²) in [6.07, 6.45) is -1.06. The van der Waals surface area contributed by atoms with Crippen LogP contribution in [0.2, 0.25) is 0 Å². The van der Waals surface area contributed by atoms with E-state index < -0.39 is 18.0 Å². The smallest absolute Gasteiger partial charge is 0.338 e. The molecule has 0 aliphatic rings. The summed E-state index contributed by atoms with van der Waals surface area (Å²) in [7, 11) is 3.75. The summed E-state index contributed by atoms with van der Waals surface area (Å²) in [5.74, 6) is -1.13. The highest BCUT2D eigenvalue weighted by atomic mass is 16.6. The van der Waals surface area contributed by atoms with Crippen LogP contribution in [0.5, 0.6) is 0 Å². The molecular formula is C16H23NO5. The van der Waals surface area contributed by atoms with Crippen molar-refractivity contribution in [3.63, 3.8) is 0 Å². The number of carbonyl (C=O) groups excluding carboxylic acids is 2. The third-order valence-electron chi connectivity index (χ3n) is 2.17. The largest absolute Gasteiger partial charge is 0.459 e. The van der Waals surface area contributed by atoms with Crippen molar-refractivity contribution in [3.8, 4) is 0 Å². The van der Waals surface area contributed by atoms with E-state index in [9.17, 15) is 14.7 Å². The minimum Gasteiger partial charge on any atom is -0.459 e. The van der Waals surface area contributed by atoms with E-state index in [1.807, 2.05) is 14.1 Å². The predicted molar refractivity (Wildman–Crippen MR) is 83.5 cm³/mol. The van der Waals surface area contributed by atoms with Crippen molar-refractivity contribution in [2.75, 3.05) is 27.3 Å². The molecule has 2 N–H and O–H groups in total. The predicted octanol–water partition coefficient (Wildman–Crippen LogP) is 1.16. The van der Waals surface area contributed by atoms with Crippen molar-refractivity contribution < 1.29 is 24.2 Å². The second kappa shape index (κ2) is 11.5. The Kier molecular flexibility index (Phi) is 10.3. The van der Waals surface area contributed by atoms with Crippen LogP contribution in [-0.4, -0.2) is 50.5 Å². The summed E-state index contributed by atoms with van der Waals surface area (Å²) in [5.41, 5.74) is 0.641. The van der Waals surface area contributed by atoms with E-state index in [-0.39, 0.29) is 18.8 Å². The fraction of sp³-hybridized carbons (Fsp3) is 0.375. The van der Waals surface area contributed by atoms with Gasteiger partial charge in [0.2, 0.25) is 0 Å². The number of benzene rings is 1. The van der Waals surface area contributed by atoms with Gasteiger partial charge in [-0.1, -0.05) is 24.8 Å². The molecule has 22 heavy (non-hydrogen) atoms. The lowest BCUT2D eigenvalue weighted by Crippen LogP contribution is -2.25. The first-order valence-corrected chi connectivity index (χ1v) is 6.73. The maximum atomic E-state index is 11.5. The molecule has 1 unspecified atom stereocenters. The number of ether oxygens (including phenoxy) is 2. The lowest BCUT2D eigenvalue weighted by molar-refractivity contribution is -0.142. The van der Waals surface area contributed by atoms with E-state index in [0.29, 0.717) is 5.56 Å². The third-order valence-corrected chi connectivity index (χ3v) is 2.17. The lowest BCUT2D eigenvalue weighted by atomic mass is 10.2. The van der Waals surface area contributed by atoms with E-state index in [2.05, 4.69) is 11.9 Å². The molecule has 0 radical (unpaired) electrons. The highest BCUT2D eigenvalue weighted by Gasteiger charge is 2.13. The van der Waals surface area contributed by atoms with Crippen molar-refractivity contribution >= 4 is 11.9 Å². The van der Waals surface area contributed by atoms with E-state index in [0.717, 1.165) is 0 Å². The van der Waals surface area contributed by atoms with Crippen molar-refractivity contribution in [2.45, 2.75) is 13.0 Å². The highest BCUT2D eigenvalue weighted by molar-refractivity contribution is 5.89. The molecule has 1 aromatic rings. The number of hydrogen-bond donors (Lipinski definition) is 2. The number of hydrogen-bond acceptors (Lipinski definition) is 6. The van der Waals surface area contributed by atoms with Crippen LogP contribution in [0.1, 0.15) is 17.3 Å². The second-order valence-electron chi connectivity index (χ2n) is 4.50. The molecule has 1 aromatic carbocycles. The van der Waals surface area contributed by atoms with Crippen LogP contribution in [0.25, 0.3) is 0 Å². The van der Waals surface area contributed by atoms with E-state index in [4.69, 9.17) is 9.47 Å². The average molecular weight is 309 g/mol. The van der Waals surface area contributed by atoms with E-state index in [1.54, 1.807) is 30.3 Å². The molecule has 0 bridgehead atoms. The maximum absolute atomic E-state index is 11.5. The Morgan fingerprint density at radius 1 is 1.18 bits per heavy atom. The van der Waals surface area contributed by atoms with Crippen LogP contribution in [0.15, 0.2) is 42.5 Å². The summed E-state index contributed by atoms with van der Waals surface area (Å²) in [6, 6.07) is 8.41. The van der Waals surface area contributed by atoms with E-state index in [1.165, 1.54) is 6.92 Å². The molecule has 0 saturated heterocycles. The quantitative estimate of drug-likeness (QED) is 0.606. The third kappa shape index (κ3) is 8.89. The molecule has 0 saturated carbocycles. The SMILES string of the molecule is C=C(C)C(=O)OCC(O)COC(=O)c1ccccc1.CNC. The van der Waals surface area contributed by atoms with Gasteiger partial charge in [-0.3, -0.25) is 0 Å². The lowest BCUT2D eigenvalue weighted by Gasteiger charge is -2.11. The number of esters is 2. The van der Waals surface area contributed by atoms with Gasteiger partial charge >= 0.3 is 11.9 Å². The van der Waals surface area contributed by atoms with Gasteiger partial charge in [-0.15, -0.1) is 0 Å². The van der Waals surface area contributed by atoms with Gasteiger partial charge in [0, 0.05) is 5.57 Å². The van der Waals surface area contributed by atoms with Gasteiger partial charge in [0.25, 0.3) is 0 Å². The zero-order valence-corrected chi connectivity index (χ0v) is 13.2. The highest BCUT2D eigenvalue weighted by Crippen LogP contribution is 2.02. The van der Waals surface area contributed by atoms with Gasteiger partial charge in [0.1, 0.15) is 19.3 Å². The molecule has 1 atom stereocenters. The summed E-state index contributed by atoms with van der Waals surface area (Å²) in [5, 5.41) is 12.2. The summed E-state index contributed by atoms with van der Waals surface area (Å²) in [6.45, 7) is 4.43. The number of aliphatic hydroxyl groups is 1. The average Bonchev–Trinajstić information content (AvgIpc) is 2.51. The first-order chi connectivity index (χ1) is 10.4. The number of aliphatic hydroxyl groups excluding tert-OH is 1. The number of nitrogens with one attached hydrogen (secondary N) is 1. The van der Waals surface area contributed by atoms with Gasteiger partial charge in [0.15, 0.2) is 0 Å². The molecule has 122 valence electrons. The molecule has 0 aromatic heterocycles. The minimum atomic E-state index is -1.06. The first kappa shape index (κ1) is 19.8. The summed E-state index contributed by atoms with van der Waals surface area (Å²) < 4.78 is 9.60. The molecule has 0 aliphatic heterocycles. The first-order valence-electron chi connectivity index (χ1n) is 6.73. The van der Waals surface area contributed by atoms with Gasteiger partial charge in [0.05, 0.1) is 5.56 Å². The molecule has 0 spiro atoms. The van der Waals surface area contributed by atoms with Crippen LogP contribution >= 0.6 is 0 Å². The van der Waals surface area contributed by atoms with Crippen molar-refractivity contribution in [2.24, 2.45) is 0 Å². The Balaban J connectivity index is 0.00000135. The van der Waals surface area contributed by atoms with Crippen molar-refractivity contribution in [3.05, 3.63) is 48.0 Å². The zero-order valence-electron chi connectivity index (χ0n) is 13.2. The molecule has 6 nitrogen and oxygen atoms in total. The fourth-order valence-electron chi connectivity index (χ4n) is 1.17. The van der Waals surface area contributed by atoms with Crippen molar-refractivity contribution in [1.82, 2.24) is 5.32 Å². The van der Waals surface area contributed by atoms with Crippen LogP contribution in [-0.2, 0) is 14.3 Å². The molecule has 0 heterocycles. The van der Waals surface area contributed by atoms with Crippen molar-refractivity contribution in [1.29, 1.82) is 0 Å². The number of carbonyl (C=O) groups is 2. The topological polar surface area (TPSA) is 84.9 Å². The van der Waals surface area contributed by atoms with Gasteiger partial charge in [-0.2, -0.15) is 0 Å². The molecule has 0 fully saturated rings. The normalized spacial score (nSPS) is 10.7. The Labute approximate surface area is 130 Å². The summed E-state index contributed by atoms with van der Waals surface area (Å²) >= 11 is 0. The molecule has 0 amide bonds. The molecule has 6 heteroatoms.